The van der Waals surface area contributed by atoms with Gasteiger partial charge in [0.15, 0.2) is 0 Å². The summed E-state index contributed by atoms with van der Waals surface area (Å²) < 4.78 is 0. The van der Waals surface area contributed by atoms with Gasteiger partial charge in [0.25, 0.3) is 5.91 Å². The van der Waals surface area contributed by atoms with Crippen molar-refractivity contribution in [2.75, 3.05) is 18.1 Å². The van der Waals surface area contributed by atoms with Gasteiger partial charge in [0.1, 0.15) is 23.2 Å². The van der Waals surface area contributed by atoms with Crippen molar-refractivity contribution in [2.24, 2.45) is 0 Å². The number of anilines is 1. The van der Waals surface area contributed by atoms with Crippen molar-refractivity contribution in [1.29, 1.82) is 0 Å². The predicted octanol–water partition coefficient (Wildman–Crippen LogP) is -1.30. The quantitative estimate of drug-likeness (QED) is 0.395. The van der Waals surface area contributed by atoms with Crippen LogP contribution in [0.3, 0.4) is 0 Å². The number of hydrogen-bond acceptors (Lipinski definition) is 6. The minimum absolute atomic E-state index is 0. The van der Waals surface area contributed by atoms with Crippen LogP contribution in [0.5, 0.6) is 0 Å². The Morgan fingerprint density at radius 1 is 1.33 bits per heavy atom. The first-order chi connectivity index (χ1) is 13.7. The number of aliphatic carboxylic acids is 1. The molecule has 1 aromatic rings. The first kappa shape index (κ1) is 23.1. The maximum Gasteiger partial charge on any atom is 1.00 e. The summed E-state index contributed by atoms with van der Waals surface area (Å²) in [5, 5.41) is 15.6. The van der Waals surface area contributed by atoms with E-state index in [1.807, 2.05) is 45.2 Å². The molecule has 0 radical (unpaired) electrons. The van der Waals surface area contributed by atoms with Gasteiger partial charge in [-0.2, -0.15) is 0 Å². The number of thioether (sulfide) groups is 1. The van der Waals surface area contributed by atoms with Gasteiger partial charge in [0, 0.05) is 18.5 Å². The molecule has 2 amide bonds. The molecule has 3 atom stereocenters. The number of amides is 2. The average Bonchev–Trinajstić information content (AvgIpc) is 2.91. The van der Waals surface area contributed by atoms with Gasteiger partial charge in [-0.1, -0.05) is 12.1 Å². The van der Waals surface area contributed by atoms with Gasteiger partial charge in [0.2, 0.25) is 5.91 Å². The van der Waals surface area contributed by atoms with E-state index in [1.54, 1.807) is 11.8 Å². The number of rotatable bonds is 4. The Bertz CT molecular complexity index is 957. The van der Waals surface area contributed by atoms with E-state index in [1.165, 1.54) is 16.7 Å². The summed E-state index contributed by atoms with van der Waals surface area (Å²) >= 11 is 1.50. The maximum atomic E-state index is 13.4. The molecule has 3 aliphatic rings. The summed E-state index contributed by atoms with van der Waals surface area (Å²) in [6.45, 7) is 5.47. The third kappa shape index (κ3) is 3.46. The Morgan fingerprint density at radius 2 is 2.03 bits per heavy atom. The van der Waals surface area contributed by atoms with Crippen LogP contribution in [0, 0.1) is 0 Å². The van der Waals surface area contributed by atoms with E-state index in [-0.39, 0.29) is 53.9 Å². The minimum atomic E-state index is -1.11. The SMILES string of the molecule is CNc1cccc(C2NC(C)(C)N(C3C(=O)N4C(C(=O)O)=C(C)CS[C@H]34)C2=O)c1.[H-].[Na+]. The maximum absolute atomic E-state index is 13.4. The molecule has 1 aromatic carbocycles. The number of fused-ring (bicyclic) bond motifs is 1. The van der Waals surface area contributed by atoms with Crippen LogP contribution in [-0.2, 0) is 14.4 Å². The molecule has 30 heavy (non-hydrogen) atoms. The van der Waals surface area contributed by atoms with Gasteiger partial charge in [0.05, 0.1) is 5.66 Å². The van der Waals surface area contributed by atoms with E-state index < -0.39 is 23.7 Å². The van der Waals surface area contributed by atoms with Crippen LogP contribution in [-0.4, -0.2) is 62.6 Å². The molecule has 3 N–H and O–H groups in total. The van der Waals surface area contributed by atoms with Gasteiger partial charge in [-0.3, -0.25) is 19.8 Å². The van der Waals surface area contributed by atoms with E-state index in [9.17, 15) is 19.5 Å². The van der Waals surface area contributed by atoms with E-state index >= 15 is 0 Å². The molecule has 8 nitrogen and oxygen atoms in total. The predicted molar refractivity (Wildman–Crippen MR) is 111 cm³/mol. The molecule has 0 bridgehead atoms. The number of β-lactam (4-membered cyclic amide) rings is 1. The normalized spacial score (nSPS) is 27.4. The van der Waals surface area contributed by atoms with E-state index in [0.717, 1.165) is 11.3 Å². The Labute approximate surface area is 203 Å². The van der Waals surface area contributed by atoms with Crippen LogP contribution in [0.1, 0.15) is 33.8 Å². The van der Waals surface area contributed by atoms with Gasteiger partial charge in [-0.05, 0) is 44.0 Å². The summed E-state index contributed by atoms with van der Waals surface area (Å²) in [5.41, 5.74) is 1.68. The zero-order valence-electron chi connectivity index (χ0n) is 18.7. The van der Waals surface area contributed by atoms with E-state index in [2.05, 4.69) is 10.6 Å². The zero-order chi connectivity index (χ0) is 21.1. The number of benzene rings is 1. The summed E-state index contributed by atoms with van der Waals surface area (Å²) in [6, 6.07) is 6.34. The van der Waals surface area contributed by atoms with E-state index in [0.29, 0.717) is 11.3 Å². The number of nitrogens with zero attached hydrogens (tertiary/aromatic N) is 2. The second-order valence-corrected chi connectivity index (χ2v) is 9.11. The number of hydrogen-bond donors (Lipinski definition) is 3. The number of carboxylic acid groups (broad SMARTS) is 1. The smallest absolute Gasteiger partial charge is 1.00 e. The largest absolute Gasteiger partial charge is 1.00 e. The molecule has 3 aliphatic heterocycles. The molecular weight excluding hydrogens is 415 g/mol. The zero-order valence-corrected chi connectivity index (χ0v) is 20.5. The van der Waals surface area contributed by atoms with Crippen LogP contribution in [0.15, 0.2) is 35.5 Å². The third-order valence-electron chi connectivity index (χ3n) is 5.70. The van der Waals surface area contributed by atoms with E-state index in [4.69, 9.17) is 0 Å². The average molecular weight is 441 g/mol. The Balaban J connectivity index is 0.00000171. The van der Waals surface area contributed by atoms with Crippen LogP contribution in [0.25, 0.3) is 0 Å². The molecule has 3 heterocycles. The van der Waals surface area contributed by atoms with Crippen LogP contribution >= 0.6 is 11.8 Å². The van der Waals surface area contributed by atoms with Crippen molar-refractivity contribution in [1.82, 2.24) is 15.1 Å². The standard InChI is InChI=1S/C20H24N4O4S.Na.H/c1-10-9-29-18-15(17(26)23(18)14(10)19(27)28)24-16(25)13(22-20(24,2)3)11-6-5-7-12(8-11)21-4;;/h5-8,13,15,18,21-22H,9H2,1-4H3,(H,27,28);;/q;+1;-1/t13?,15?,18-;;/m1../s1. The number of nitrogens with one attached hydrogen (secondary N) is 2. The first-order valence-electron chi connectivity index (χ1n) is 9.43. The van der Waals surface area contributed by atoms with Gasteiger partial charge in [-0.15, -0.1) is 11.8 Å². The number of carbonyl (C=O) groups is 3. The van der Waals surface area contributed by atoms with Crippen LogP contribution in [0.4, 0.5) is 5.69 Å². The fourth-order valence-corrected chi connectivity index (χ4v) is 5.68. The third-order valence-corrected chi connectivity index (χ3v) is 7.11. The molecule has 2 saturated heterocycles. The Kier molecular flexibility index (Phi) is 6.33. The molecule has 0 aliphatic carbocycles. The molecule has 0 saturated carbocycles. The summed E-state index contributed by atoms with van der Waals surface area (Å²) in [6.07, 6.45) is 0. The van der Waals surface area contributed by atoms with Crippen molar-refractivity contribution < 1.29 is 50.5 Å². The molecule has 0 spiro atoms. The van der Waals surface area contributed by atoms with Crippen molar-refractivity contribution >= 4 is 35.2 Å². The molecule has 156 valence electrons. The van der Waals surface area contributed by atoms with Crippen molar-refractivity contribution in [2.45, 2.75) is 43.9 Å². The first-order valence-corrected chi connectivity index (χ1v) is 10.5. The molecule has 4 rings (SSSR count). The molecule has 10 heteroatoms. The Morgan fingerprint density at radius 3 is 2.67 bits per heavy atom. The van der Waals surface area contributed by atoms with Crippen molar-refractivity contribution in [3.8, 4) is 0 Å². The molecule has 0 aromatic heterocycles. The minimum Gasteiger partial charge on any atom is -1.00 e. The van der Waals surface area contributed by atoms with Gasteiger partial charge >= 0.3 is 35.5 Å². The number of carbonyl (C=O) groups excluding carboxylic acids is 2. The molecule has 2 fully saturated rings. The Hall–Kier alpha value is -1.52. The van der Waals surface area contributed by atoms with Crippen LogP contribution < -0.4 is 40.2 Å². The molecule has 2 unspecified atom stereocenters. The summed E-state index contributed by atoms with van der Waals surface area (Å²) in [4.78, 5) is 41.0. The van der Waals surface area contributed by atoms with Crippen molar-refractivity contribution in [3.63, 3.8) is 0 Å². The fraction of sp³-hybridized carbons (Fsp3) is 0.450. The van der Waals surface area contributed by atoms with Gasteiger partial charge < -0.3 is 16.7 Å². The van der Waals surface area contributed by atoms with Gasteiger partial charge in [-0.25, -0.2) is 4.79 Å². The number of carboxylic acids is 1. The fourth-order valence-electron chi connectivity index (χ4n) is 4.34. The monoisotopic (exact) mass is 440 g/mol. The summed E-state index contributed by atoms with van der Waals surface area (Å²) in [7, 11) is 1.82. The van der Waals surface area contributed by atoms with Crippen LogP contribution in [0.2, 0.25) is 0 Å². The van der Waals surface area contributed by atoms with Crippen molar-refractivity contribution in [3.05, 3.63) is 41.1 Å². The second kappa shape index (κ2) is 8.20. The topological polar surface area (TPSA) is 102 Å². The summed E-state index contributed by atoms with van der Waals surface area (Å²) in [5.74, 6) is -1.10. The molecular formula is C20H25N4NaO4S. The second-order valence-electron chi connectivity index (χ2n) is 8.01.